The Hall–Kier alpha value is -1.38. The maximum absolute atomic E-state index is 4.74. The van der Waals surface area contributed by atoms with Gasteiger partial charge in [0.15, 0.2) is 5.58 Å². The van der Waals surface area contributed by atoms with Crippen molar-refractivity contribution < 1.29 is 4.52 Å². The topological polar surface area (TPSA) is 38.9 Å². The van der Waals surface area contributed by atoms with Gasteiger partial charge in [-0.1, -0.05) is 6.07 Å². The standard InChI is InChI=1S/C6H3N2O/c1-2-4-6-5(3-1)7-8-9-6/h2-4H. The van der Waals surface area contributed by atoms with E-state index in [0.717, 1.165) is 5.52 Å². The number of nitrogens with zero attached hydrogens (tertiary/aromatic N) is 2. The third kappa shape index (κ3) is 0.579. The Morgan fingerprint density at radius 2 is 2.56 bits per heavy atom. The molecule has 1 heterocycles. The minimum absolute atomic E-state index is 0.703. The number of aromatic nitrogens is 2. The molecule has 0 saturated heterocycles. The molecule has 3 nitrogen and oxygen atoms in total. The molecule has 0 saturated carbocycles. The van der Waals surface area contributed by atoms with Gasteiger partial charge < -0.3 is 4.52 Å². The van der Waals surface area contributed by atoms with Crippen LogP contribution in [-0.4, -0.2) is 10.4 Å². The maximum Gasteiger partial charge on any atom is 0.187 e. The Kier molecular flexibility index (Phi) is 0.773. The molecule has 0 aliphatic heterocycles. The Morgan fingerprint density at radius 1 is 1.56 bits per heavy atom. The summed E-state index contributed by atoms with van der Waals surface area (Å²) < 4.78 is 4.74. The van der Waals surface area contributed by atoms with Crippen LogP contribution in [0.25, 0.3) is 11.1 Å². The summed E-state index contributed by atoms with van der Waals surface area (Å²) in [6.45, 7) is 0. The van der Waals surface area contributed by atoms with Crippen LogP contribution in [0.3, 0.4) is 0 Å². The molecule has 0 bridgehead atoms. The van der Waals surface area contributed by atoms with Crippen molar-refractivity contribution in [3.05, 3.63) is 24.3 Å². The lowest BCUT2D eigenvalue weighted by Crippen LogP contribution is -1.64. The molecule has 1 aromatic heterocycles. The first-order chi connectivity index (χ1) is 4.47. The van der Waals surface area contributed by atoms with Crippen LogP contribution in [0.15, 0.2) is 22.7 Å². The quantitative estimate of drug-likeness (QED) is 0.519. The molecule has 0 N–H and O–H groups in total. The summed E-state index contributed by atoms with van der Waals surface area (Å²) in [5.41, 5.74) is 1.45. The van der Waals surface area contributed by atoms with Crippen LogP contribution < -0.4 is 0 Å². The molecule has 0 aliphatic carbocycles. The molecule has 0 atom stereocenters. The summed E-state index contributed by atoms with van der Waals surface area (Å²) in [5.74, 6) is 0. The highest BCUT2D eigenvalue weighted by molar-refractivity contribution is 5.70. The zero-order valence-corrected chi connectivity index (χ0v) is 4.53. The average molecular weight is 119 g/mol. The highest BCUT2D eigenvalue weighted by Gasteiger charge is 1.93. The lowest BCUT2D eigenvalue weighted by molar-refractivity contribution is 0.424. The van der Waals surface area contributed by atoms with Crippen molar-refractivity contribution in [3.63, 3.8) is 0 Å². The summed E-state index contributed by atoms with van der Waals surface area (Å²) >= 11 is 0. The first-order valence-corrected chi connectivity index (χ1v) is 2.55. The minimum atomic E-state index is 0.703. The molecule has 0 amide bonds. The summed E-state index contributed by atoms with van der Waals surface area (Å²) in [4.78, 5) is 0. The molecule has 43 valence electrons. The molecule has 2 aromatic rings. The second kappa shape index (κ2) is 1.55. The van der Waals surface area contributed by atoms with Gasteiger partial charge in [0.1, 0.15) is 5.52 Å². The van der Waals surface area contributed by atoms with Crippen molar-refractivity contribution in [2.75, 3.05) is 0 Å². The maximum atomic E-state index is 4.74. The monoisotopic (exact) mass is 119 g/mol. The molecular formula is C6H3N2O. The highest BCUT2D eigenvalue weighted by atomic mass is 16.5. The van der Waals surface area contributed by atoms with Gasteiger partial charge in [0, 0.05) is 5.27 Å². The van der Waals surface area contributed by atoms with Crippen LogP contribution in [0.1, 0.15) is 0 Å². The summed E-state index contributed by atoms with van der Waals surface area (Å²) in [6.07, 6.45) is 0. The first kappa shape index (κ1) is 4.49. The molecule has 0 unspecified atom stereocenters. The Labute approximate surface area is 51.3 Å². The molecule has 2 rings (SSSR count). The van der Waals surface area contributed by atoms with E-state index in [1.165, 1.54) is 0 Å². The SMILES string of the molecule is [c]1ccc2onnc2c1. The van der Waals surface area contributed by atoms with Gasteiger partial charge >= 0.3 is 0 Å². The third-order valence-electron chi connectivity index (χ3n) is 1.09. The van der Waals surface area contributed by atoms with Gasteiger partial charge in [-0.2, -0.15) is 0 Å². The number of benzene rings is 1. The van der Waals surface area contributed by atoms with Crippen molar-refractivity contribution in [3.8, 4) is 0 Å². The van der Waals surface area contributed by atoms with E-state index in [4.69, 9.17) is 4.52 Å². The van der Waals surface area contributed by atoms with E-state index < -0.39 is 0 Å². The Bertz CT molecular complexity index is 285. The van der Waals surface area contributed by atoms with Crippen LogP contribution >= 0.6 is 0 Å². The van der Waals surface area contributed by atoms with E-state index in [1.54, 1.807) is 18.2 Å². The Morgan fingerprint density at radius 3 is 3.44 bits per heavy atom. The van der Waals surface area contributed by atoms with E-state index in [0.29, 0.717) is 5.58 Å². The third-order valence-corrected chi connectivity index (χ3v) is 1.09. The highest BCUT2D eigenvalue weighted by Crippen LogP contribution is 2.06. The fourth-order valence-corrected chi connectivity index (χ4v) is 0.671. The number of fused-ring (bicyclic) bond motifs is 1. The van der Waals surface area contributed by atoms with Crippen molar-refractivity contribution >= 4 is 11.1 Å². The van der Waals surface area contributed by atoms with Gasteiger partial charge in [0.2, 0.25) is 0 Å². The second-order valence-electron chi connectivity index (χ2n) is 1.67. The van der Waals surface area contributed by atoms with Gasteiger partial charge in [-0.3, -0.25) is 0 Å². The average Bonchev–Trinajstić information content (AvgIpc) is 2.33. The van der Waals surface area contributed by atoms with Crippen molar-refractivity contribution in [2.24, 2.45) is 0 Å². The lowest BCUT2D eigenvalue weighted by Gasteiger charge is -1.76. The van der Waals surface area contributed by atoms with Gasteiger partial charge in [-0.05, 0) is 18.2 Å². The van der Waals surface area contributed by atoms with E-state index in [-0.39, 0.29) is 0 Å². The summed E-state index contributed by atoms with van der Waals surface area (Å²) in [7, 11) is 0. The van der Waals surface area contributed by atoms with Crippen LogP contribution in [0.4, 0.5) is 0 Å². The van der Waals surface area contributed by atoms with Crippen LogP contribution in [0, 0.1) is 6.07 Å². The van der Waals surface area contributed by atoms with Crippen LogP contribution in [-0.2, 0) is 0 Å². The second-order valence-corrected chi connectivity index (χ2v) is 1.67. The number of rotatable bonds is 0. The normalized spacial score (nSPS) is 10.2. The first-order valence-electron chi connectivity index (χ1n) is 2.55. The van der Waals surface area contributed by atoms with Gasteiger partial charge in [-0.15, -0.1) is 5.10 Å². The molecular weight excluding hydrogens is 116 g/mol. The molecule has 1 radical (unpaired) electrons. The molecule has 0 spiro atoms. The van der Waals surface area contributed by atoms with E-state index >= 15 is 0 Å². The van der Waals surface area contributed by atoms with E-state index in [2.05, 4.69) is 16.4 Å². The molecule has 1 aromatic carbocycles. The van der Waals surface area contributed by atoms with Crippen molar-refractivity contribution in [1.82, 2.24) is 10.4 Å². The number of hydrogen-bond donors (Lipinski definition) is 0. The summed E-state index contributed by atoms with van der Waals surface area (Å²) in [5, 5.41) is 7.03. The Balaban J connectivity index is 2.95. The zero-order chi connectivity index (χ0) is 6.10. The molecule has 0 fully saturated rings. The fourth-order valence-electron chi connectivity index (χ4n) is 0.671. The predicted octanol–water partition coefficient (Wildman–Crippen LogP) is 1.02. The zero-order valence-electron chi connectivity index (χ0n) is 4.53. The van der Waals surface area contributed by atoms with Crippen molar-refractivity contribution in [1.29, 1.82) is 0 Å². The predicted molar refractivity (Wildman–Crippen MR) is 30.6 cm³/mol. The minimum Gasteiger partial charge on any atom is -0.337 e. The van der Waals surface area contributed by atoms with Crippen LogP contribution in [0.2, 0.25) is 0 Å². The smallest absolute Gasteiger partial charge is 0.187 e. The molecule has 3 heteroatoms. The lowest BCUT2D eigenvalue weighted by atomic mass is 10.3. The van der Waals surface area contributed by atoms with Gasteiger partial charge in [0.25, 0.3) is 0 Å². The molecule has 9 heavy (non-hydrogen) atoms. The van der Waals surface area contributed by atoms with E-state index in [9.17, 15) is 0 Å². The number of hydrogen-bond acceptors (Lipinski definition) is 3. The van der Waals surface area contributed by atoms with Gasteiger partial charge in [0.05, 0.1) is 0 Å². The van der Waals surface area contributed by atoms with E-state index in [1.807, 2.05) is 0 Å². The fraction of sp³-hybridized carbons (Fsp3) is 0. The largest absolute Gasteiger partial charge is 0.337 e. The summed E-state index contributed by atoms with van der Waals surface area (Å²) in [6, 6.07) is 8.12. The van der Waals surface area contributed by atoms with Crippen molar-refractivity contribution in [2.45, 2.75) is 0 Å². The van der Waals surface area contributed by atoms with Crippen LogP contribution in [0.5, 0.6) is 0 Å². The van der Waals surface area contributed by atoms with Gasteiger partial charge in [-0.25, -0.2) is 0 Å². The molecule has 0 aliphatic rings.